The maximum Gasteiger partial charge on any atom is 0.413 e. The van der Waals surface area contributed by atoms with Gasteiger partial charge in [-0.2, -0.15) is 0 Å². The van der Waals surface area contributed by atoms with Gasteiger partial charge >= 0.3 is 6.09 Å². The maximum atomic E-state index is 11.7. The zero-order chi connectivity index (χ0) is 17.5. The van der Waals surface area contributed by atoms with Crippen LogP contribution in [0.3, 0.4) is 0 Å². The van der Waals surface area contributed by atoms with E-state index in [0.717, 1.165) is 23.1 Å². The quantitative estimate of drug-likeness (QED) is 0.768. The molecule has 2 rings (SSSR count). The van der Waals surface area contributed by atoms with Crippen molar-refractivity contribution in [3.05, 3.63) is 35.7 Å². The summed E-state index contributed by atoms with van der Waals surface area (Å²) >= 11 is 1.12. The highest BCUT2D eigenvalue weighted by molar-refractivity contribution is 8.00. The summed E-state index contributed by atoms with van der Waals surface area (Å²) < 4.78 is 10.0. The van der Waals surface area contributed by atoms with Crippen molar-refractivity contribution in [2.45, 2.75) is 30.9 Å². The number of aromatic nitrogens is 3. The topological polar surface area (TPSA) is 106 Å². The molecule has 9 heteroatoms. The first-order valence-electron chi connectivity index (χ1n) is 7.14. The molecule has 1 aromatic carbocycles. The molecule has 0 aliphatic rings. The van der Waals surface area contributed by atoms with Crippen LogP contribution in [0.2, 0.25) is 0 Å². The van der Waals surface area contributed by atoms with E-state index in [1.807, 2.05) is 31.2 Å². The summed E-state index contributed by atoms with van der Waals surface area (Å²) in [6.07, 6.45) is -0.797. The lowest BCUT2D eigenvalue weighted by Gasteiger charge is -2.07. The number of imide groups is 1. The number of thioether (sulfide) groups is 1. The van der Waals surface area contributed by atoms with Crippen molar-refractivity contribution in [2.24, 2.45) is 0 Å². The Morgan fingerprint density at radius 1 is 1.38 bits per heavy atom. The van der Waals surface area contributed by atoms with Crippen molar-refractivity contribution in [1.29, 1.82) is 0 Å². The van der Waals surface area contributed by atoms with E-state index in [1.54, 1.807) is 6.92 Å². The van der Waals surface area contributed by atoms with Crippen LogP contribution < -0.4 is 10.1 Å². The van der Waals surface area contributed by atoms with Crippen LogP contribution in [0.15, 0.2) is 29.4 Å². The fourth-order valence-electron chi connectivity index (χ4n) is 1.72. The van der Waals surface area contributed by atoms with Crippen molar-refractivity contribution < 1.29 is 19.1 Å². The fourth-order valence-corrected chi connectivity index (χ4v) is 2.47. The molecule has 0 aliphatic carbocycles. The number of amides is 2. The minimum absolute atomic E-state index is 0.237. The molecule has 1 atom stereocenters. The number of rotatable bonds is 6. The number of benzene rings is 1. The van der Waals surface area contributed by atoms with Gasteiger partial charge in [0, 0.05) is 0 Å². The van der Waals surface area contributed by atoms with Crippen LogP contribution in [0, 0.1) is 6.92 Å². The monoisotopic (exact) mass is 350 g/mol. The van der Waals surface area contributed by atoms with Gasteiger partial charge in [0.05, 0.1) is 12.4 Å². The highest BCUT2D eigenvalue weighted by Crippen LogP contribution is 2.20. The van der Waals surface area contributed by atoms with Crippen LogP contribution >= 0.6 is 11.8 Å². The zero-order valence-electron chi connectivity index (χ0n) is 13.5. The summed E-state index contributed by atoms with van der Waals surface area (Å²) in [6.45, 7) is 3.84. The molecule has 1 aromatic heterocycles. The number of aryl methyl sites for hydroxylation is 1. The minimum Gasteiger partial charge on any atom is -0.485 e. The number of H-pyrrole nitrogens is 1. The lowest BCUT2D eigenvalue weighted by atomic mass is 10.2. The van der Waals surface area contributed by atoms with Crippen LogP contribution in [0.5, 0.6) is 5.75 Å². The van der Waals surface area contributed by atoms with Gasteiger partial charge in [0.25, 0.3) is 0 Å². The van der Waals surface area contributed by atoms with Crippen molar-refractivity contribution in [2.75, 3.05) is 7.11 Å². The molecule has 0 aliphatic heterocycles. The van der Waals surface area contributed by atoms with Crippen LogP contribution in [0.25, 0.3) is 0 Å². The molecule has 24 heavy (non-hydrogen) atoms. The molecule has 2 N–H and O–H groups in total. The van der Waals surface area contributed by atoms with Gasteiger partial charge in [-0.25, -0.2) is 9.78 Å². The Hall–Kier alpha value is -2.55. The van der Waals surface area contributed by atoms with E-state index >= 15 is 0 Å². The Balaban J connectivity index is 1.87. The maximum absolute atomic E-state index is 11.7. The van der Waals surface area contributed by atoms with Crippen molar-refractivity contribution in [3.8, 4) is 5.75 Å². The third-order valence-corrected chi connectivity index (χ3v) is 3.99. The zero-order valence-corrected chi connectivity index (χ0v) is 14.3. The van der Waals surface area contributed by atoms with Gasteiger partial charge in [-0.15, -0.1) is 5.10 Å². The molecule has 0 spiro atoms. The number of carbonyl (C=O) groups excluding carboxylic acids is 2. The minimum atomic E-state index is -0.797. The van der Waals surface area contributed by atoms with Crippen LogP contribution in [0.4, 0.5) is 4.79 Å². The summed E-state index contributed by atoms with van der Waals surface area (Å²) in [7, 11) is 1.19. The molecule has 2 amide bonds. The van der Waals surface area contributed by atoms with Gasteiger partial charge in [0.1, 0.15) is 12.4 Å². The molecule has 128 valence electrons. The lowest BCUT2D eigenvalue weighted by Crippen LogP contribution is -2.35. The number of alkyl carbamates (subject to hydrolysis) is 1. The highest BCUT2D eigenvalue weighted by Gasteiger charge is 2.19. The molecule has 0 bridgehead atoms. The Labute approximate surface area is 143 Å². The number of nitrogens with one attached hydrogen (secondary N) is 2. The number of carbonyl (C=O) groups is 2. The molecule has 0 fully saturated rings. The average Bonchev–Trinajstić information content (AvgIpc) is 3.01. The molecule has 0 unspecified atom stereocenters. The van der Waals surface area contributed by atoms with Gasteiger partial charge in [0.2, 0.25) is 11.1 Å². The van der Waals surface area contributed by atoms with Gasteiger partial charge in [-0.1, -0.05) is 30.0 Å². The second-order valence-corrected chi connectivity index (χ2v) is 6.17. The molecule has 0 saturated heterocycles. The SMILES string of the molecule is COC(=O)NC(=O)[C@@H](C)Sc1n[nH]c(COc2ccccc2C)n1. The Morgan fingerprint density at radius 2 is 2.12 bits per heavy atom. The molecule has 1 heterocycles. The normalized spacial score (nSPS) is 11.6. The van der Waals surface area contributed by atoms with E-state index in [4.69, 9.17) is 4.74 Å². The number of methoxy groups -OCH3 is 1. The van der Waals surface area contributed by atoms with Crippen molar-refractivity contribution >= 4 is 23.8 Å². The number of hydrogen-bond acceptors (Lipinski definition) is 7. The average molecular weight is 350 g/mol. The number of ether oxygens (including phenoxy) is 2. The largest absolute Gasteiger partial charge is 0.485 e. The molecular formula is C15H18N4O4S. The van der Waals surface area contributed by atoms with Gasteiger partial charge in [0.15, 0.2) is 5.82 Å². The van der Waals surface area contributed by atoms with E-state index < -0.39 is 17.3 Å². The Morgan fingerprint density at radius 3 is 2.83 bits per heavy atom. The first kappa shape index (κ1) is 17.8. The predicted octanol–water partition coefficient (Wildman–Crippen LogP) is 2.06. The van der Waals surface area contributed by atoms with Crippen molar-refractivity contribution in [3.63, 3.8) is 0 Å². The second kappa shape index (κ2) is 8.34. The Bertz CT molecular complexity index is 719. The first-order valence-corrected chi connectivity index (χ1v) is 8.02. The number of aromatic amines is 1. The van der Waals surface area contributed by atoms with E-state index in [-0.39, 0.29) is 6.61 Å². The first-order chi connectivity index (χ1) is 11.5. The standard InChI is InChI=1S/C15H18N4O4S/c1-9-6-4-5-7-11(9)23-8-12-16-14(19-18-12)24-10(2)13(20)17-15(21)22-3/h4-7,10H,8H2,1-3H3,(H,16,18,19)(H,17,20,21)/t10-/m1/s1. The number of hydrogen-bond donors (Lipinski definition) is 2. The van der Waals surface area contributed by atoms with Gasteiger partial charge < -0.3 is 9.47 Å². The van der Waals surface area contributed by atoms with E-state index in [2.05, 4.69) is 25.2 Å². The molecule has 0 saturated carbocycles. The summed E-state index contributed by atoms with van der Waals surface area (Å²) in [6, 6.07) is 7.66. The molecule has 8 nitrogen and oxygen atoms in total. The summed E-state index contributed by atoms with van der Waals surface area (Å²) in [5.41, 5.74) is 1.03. The van der Waals surface area contributed by atoms with Crippen LogP contribution in [0.1, 0.15) is 18.3 Å². The van der Waals surface area contributed by atoms with Crippen LogP contribution in [-0.2, 0) is 16.1 Å². The van der Waals surface area contributed by atoms with Gasteiger partial charge in [-0.05, 0) is 25.5 Å². The van der Waals surface area contributed by atoms with Crippen molar-refractivity contribution in [1.82, 2.24) is 20.5 Å². The van der Waals surface area contributed by atoms with E-state index in [9.17, 15) is 9.59 Å². The molecule has 0 radical (unpaired) electrons. The lowest BCUT2D eigenvalue weighted by molar-refractivity contribution is -0.119. The number of nitrogens with zero attached hydrogens (tertiary/aromatic N) is 2. The number of para-hydroxylation sites is 1. The summed E-state index contributed by atoms with van der Waals surface area (Å²) in [5, 5.41) is 8.73. The van der Waals surface area contributed by atoms with Gasteiger partial charge in [-0.3, -0.25) is 15.2 Å². The Kier molecular flexibility index (Phi) is 6.19. The third-order valence-electron chi connectivity index (χ3n) is 3.03. The fraction of sp³-hybridized carbons (Fsp3) is 0.333. The molecule has 2 aromatic rings. The molecular weight excluding hydrogens is 332 g/mol. The highest BCUT2D eigenvalue weighted by atomic mass is 32.2. The van der Waals surface area contributed by atoms with E-state index in [1.165, 1.54) is 7.11 Å². The van der Waals surface area contributed by atoms with E-state index in [0.29, 0.717) is 11.0 Å². The summed E-state index contributed by atoms with van der Waals surface area (Å²) in [4.78, 5) is 27.0. The summed E-state index contributed by atoms with van der Waals surface area (Å²) in [5.74, 6) is 0.838. The smallest absolute Gasteiger partial charge is 0.413 e. The second-order valence-electron chi connectivity index (χ2n) is 4.86. The third kappa shape index (κ3) is 4.98. The van der Waals surface area contributed by atoms with Crippen LogP contribution in [-0.4, -0.2) is 39.5 Å². The predicted molar refractivity (Wildman–Crippen MR) is 87.8 cm³/mol.